The van der Waals surface area contributed by atoms with Gasteiger partial charge in [0.05, 0.1) is 0 Å². The third kappa shape index (κ3) is 5.03. The number of carbonyl (C=O) groups excluding carboxylic acids is 3. The number of rotatable bonds is 7. The van der Waals surface area contributed by atoms with Crippen molar-refractivity contribution in [1.29, 1.82) is 0 Å². The molecule has 1 atom stereocenters. The first-order chi connectivity index (χ1) is 15.2. The van der Waals surface area contributed by atoms with E-state index >= 15 is 0 Å². The van der Waals surface area contributed by atoms with Crippen LogP contribution in [-0.2, 0) is 25.5 Å². The number of ether oxygens (including phenoxy) is 3. The molecule has 1 aliphatic rings. The van der Waals surface area contributed by atoms with E-state index in [0.29, 0.717) is 18.4 Å². The Kier molecular flexibility index (Phi) is 6.73. The molecule has 6 heteroatoms. The average molecular weight is 432 g/mol. The van der Waals surface area contributed by atoms with Crippen LogP contribution >= 0.6 is 0 Å². The Morgan fingerprint density at radius 3 is 2.09 bits per heavy atom. The van der Waals surface area contributed by atoms with Crippen molar-refractivity contribution in [1.82, 2.24) is 0 Å². The highest BCUT2D eigenvalue weighted by molar-refractivity contribution is 5.90. The van der Waals surface area contributed by atoms with E-state index in [1.165, 1.54) is 6.07 Å². The van der Waals surface area contributed by atoms with Crippen molar-refractivity contribution < 1.29 is 28.6 Å². The summed E-state index contributed by atoms with van der Waals surface area (Å²) in [4.78, 5) is 35.8. The van der Waals surface area contributed by atoms with E-state index in [4.69, 9.17) is 14.2 Å². The standard InChI is InChI=1S/C26H24O6/c1-6-24(27)32-23-11-10-21-20(8-7-9-22(21)23)17-12-18(30-25(28)15(2)3)14-19(13-17)31-26(29)16(4)5/h6-9,12-14,23H,1-2,4,10-11H2,3,5H3. The van der Waals surface area contributed by atoms with Gasteiger partial charge in [-0.2, -0.15) is 0 Å². The van der Waals surface area contributed by atoms with E-state index in [0.717, 1.165) is 22.8 Å². The van der Waals surface area contributed by atoms with Crippen LogP contribution in [0, 0.1) is 0 Å². The first-order valence-electron chi connectivity index (χ1n) is 10.0. The second kappa shape index (κ2) is 9.47. The highest BCUT2D eigenvalue weighted by atomic mass is 16.5. The number of hydrogen-bond donors (Lipinski definition) is 0. The third-order valence-electron chi connectivity index (χ3n) is 4.95. The molecule has 0 radical (unpaired) electrons. The molecule has 2 aromatic rings. The number of carbonyl (C=O) groups is 3. The van der Waals surface area contributed by atoms with Gasteiger partial charge >= 0.3 is 17.9 Å². The summed E-state index contributed by atoms with van der Waals surface area (Å²) >= 11 is 0. The SMILES string of the molecule is C=CC(=O)OC1CCc2c(-c3cc(OC(=O)C(=C)C)cc(OC(=O)C(=C)C)c3)cccc21. The molecule has 0 amide bonds. The highest BCUT2D eigenvalue weighted by Gasteiger charge is 2.28. The Morgan fingerprint density at radius 2 is 1.56 bits per heavy atom. The maximum Gasteiger partial charge on any atom is 0.338 e. The number of esters is 3. The van der Waals surface area contributed by atoms with Crippen molar-refractivity contribution in [3.05, 3.63) is 84.5 Å². The van der Waals surface area contributed by atoms with Crippen LogP contribution in [0.5, 0.6) is 11.5 Å². The fourth-order valence-electron chi connectivity index (χ4n) is 3.43. The van der Waals surface area contributed by atoms with E-state index in [9.17, 15) is 14.4 Å². The molecule has 0 N–H and O–H groups in total. The Morgan fingerprint density at radius 1 is 0.969 bits per heavy atom. The Labute approximate surface area is 186 Å². The van der Waals surface area contributed by atoms with Crippen LogP contribution in [0.15, 0.2) is 73.4 Å². The molecule has 0 fully saturated rings. The highest BCUT2D eigenvalue weighted by Crippen LogP contribution is 2.41. The van der Waals surface area contributed by atoms with Gasteiger partial charge in [0.2, 0.25) is 0 Å². The molecule has 2 aromatic carbocycles. The number of benzene rings is 2. The largest absolute Gasteiger partial charge is 0.454 e. The van der Waals surface area contributed by atoms with Crippen molar-refractivity contribution >= 4 is 17.9 Å². The summed E-state index contributed by atoms with van der Waals surface area (Å²) in [5.41, 5.74) is 3.94. The second-order valence-electron chi connectivity index (χ2n) is 7.57. The predicted octanol–water partition coefficient (Wildman–Crippen LogP) is 5.03. The van der Waals surface area contributed by atoms with Crippen molar-refractivity contribution in [2.24, 2.45) is 0 Å². The summed E-state index contributed by atoms with van der Waals surface area (Å²) in [6.07, 6.45) is 2.12. The van der Waals surface area contributed by atoms with Crippen LogP contribution in [-0.4, -0.2) is 17.9 Å². The maximum absolute atomic E-state index is 12.1. The first kappa shape index (κ1) is 22.7. The number of fused-ring (bicyclic) bond motifs is 1. The molecule has 0 heterocycles. The van der Waals surface area contributed by atoms with Gasteiger partial charge in [-0.25, -0.2) is 14.4 Å². The van der Waals surface area contributed by atoms with Crippen LogP contribution in [0.1, 0.15) is 37.5 Å². The monoisotopic (exact) mass is 432 g/mol. The smallest absolute Gasteiger partial charge is 0.338 e. The van der Waals surface area contributed by atoms with Crippen molar-refractivity contribution in [3.8, 4) is 22.6 Å². The van der Waals surface area contributed by atoms with Crippen LogP contribution in [0.4, 0.5) is 0 Å². The van der Waals surface area contributed by atoms with E-state index in [-0.39, 0.29) is 28.7 Å². The van der Waals surface area contributed by atoms with Crippen LogP contribution < -0.4 is 9.47 Å². The molecule has 0 saturated heterocycles. The second-order valence-corrected chi connectivity index (χ2v) is 7.57. The molecule has 0 spiro atoms. The van der Waals surface area contributed by atoms with E-state index in [1.54, 1.807) is 26.0 Å². The lowest BCUT2D eigenvalue weighted by Gasteiger charge is -2.15. The lowest BCUT2D eigenvalue weighted by atomic mass is 9.96. The molecule has 0 aliphatic heterocycles. The normalized spacial score (nSPS) is 14.1. The van der Waals surface area contributed by atoms with Gasteiger partial charge in [-0.15, -0.1) is 0 Å². The molecule has 3 rings (SSSR count). The van der Waals surface area contributed by atoms with Gasteiger partial charge < -0.3 is 14.2 Å². The van der Waals surface area contributed by atoms with Crippen LogP contribution in [0.2, 0.25) is 0 Å². The topological polar surface area (TPSA) is 78.9 Å². The first-order valence-corrected chi connectivity index (χ1v) is 10.0. The zero-order valence-electron chi connectivity index (χ0n) is 18.1. The van der Waals surface area contributed by atoms with E-state index < -0.39 is 17.9 Å². The predicted molar refractivity (Wildman–Crippen MR) is 120 cm³/mol. The van der Waals surface area contributed by atoms with Gasteiger partial charge in [0.25, 0.3) is 0 Å². The van der Waals surface area contributed by atoms with Crippen LogP contribution in [0.3, 0.4) is 0 Å². The molecular weight excluding hydrogens is 408 g/mol. The van der Waals surface area contributed by atoms with Gasteiger partial charge in [-0.05, 0) is 61.1 Å². The quantitative estimate of drug-likeness (QED) is 0.347. The van der Waals surface area contributed by atoms with Gasteiger partial charge in [0.1, 0.15) is 17.6 Å². The van der Waals surface area contributed by atoms with Gasteiger partial charge in [-0.3, -0.25) is 0 Å². The zero-order chi connectivity index (χ0) is 23.4. The van der Waals surface area contributed by atoms with Gasteiger partial charge in [0, 0.05) is 23.3 Å². The fraction of sp³-hybridized carbons (Fsp3) is 0.192. The van der Waals surface area contributed by atoms with E-state index in [1.807, 2.05) is 18.2 Å². The summed E-state index contributed by atoms with van der Waals surface area (Å²) in [6.45, 7) is 13.7. The van der Waals surface area contributed by atoms with Crippen molar-refractivity contribution in [3.63, 3.8) is 0 Å². The minimum absolute atomic E-state index is 0.213. The Balaban J connectivity index is 2.05. The minimum atomic E-state index is -0.589. The van der Waals surface area contributed by atoms with E-state index in [2.05, 4.69) is 19.7 Å². The van der Waals surface area contributed by atoms with Gasteiger partial charge in [0.15, 0.2) is 0 Å². The fourth-order valence-corrected chi connectivity index (χ4v) is 3.43. The zero-order valence-corrected chi connectivity index (χ0v) is 18.1. The summed E-state index contributed by atoms with van der Waals surface area (Å²) in [5, 5.41) is 0. The molecule has 1 aliphatic carbocycles. The van der Waals surface area contributed by atoms with Crippen LogP contribution in [0.25, 0.3) is 11.1 Å². The summed E-state index contributed by atoms with van der Waals surface area (Å²) in [6, 6.07) is 10.5. The lowest BCUT2D eigenvalue weighted by molar-refractivity contribution is -0.143. The molecular formula is C26H24O6. The summed E-state index contributed by atoms with van der Waals surface area (Å²) < 4.78 is 16.3. The molecule has 0 saturated carbocycles. The molecule has 1 unspecified atom stereocenters. The Hall–Kier alpha value is -3.93. The molecule has 0 aromatic heterocycles. The summed E-state index contributed by atoms with van der Waals surface area (Å²) in [7, 11) is 0. The van der Waals surface area contributed by atoms with Gasteiger partial charge in [-0.1, -0.05) is 37.9 Å². The summed E-state index contributed by atoms with van der Waals surface area (Å²) in [5.74, 6) is -1.23. The Bertz CT molecular complexity index is 1090. The molecule has 164 valence electrons. The number of hydrogen-bond acceptors (Lipinski definition) is 6. The molecule has 32 heavy (non-hydrogen) atoms. The lowest BCUT2D eigenvalue weighted by Crippen LogP contribution is -2.10. The van der Waals surface area contributed by atoms with Crippen molar-refractivity contribution in [2.75, 3.05) is 0 Å². The molecule has 0 bridgehead atoms. The molecule has 6 nitrogen and oxygen atoms in total. The van der Waals surface area contributed by atoms with Crippen molar-refractivity contribution in [2.45, 2.75) is 32.8 Å². The average Bonchev–Trinajstić information content (AvgIpc) is 3.16. The maximum atomic E-state index is 12.1. The minimum Gasteiger partial charge on any atom is -0.454 e. The third-order valence-corrected chi connectivity index (χ3v) is 4.95.